The molecule has 2 fully saturated rings. The maximum absolute atomic E-state index is 12.8. The molecule has 1 aliphatic carbocycles. The molecule has 0 atom stereocenters. The van der Waals surface area contributed by atoms with Crippen molar-refractivity contribution in [1.82, 2.24) is 15.1 Å². The Labute approximate surface area is 167 Å². The Morgan fingerprint density at radius 3 is 2.18 bits per heavy atom. The summed E-state index contributed by atoms with van der Waals surface area (Å²) in [7, 11) is 0. The van der Waals surface area contributed by atoms with Gasteiger partial charge in [-0.1, -0.05) is 29.8 Å². The van der Waals surface area contributed by atoms with Crippen LogP contribution in [0.25, 0.3) is 0 Å². The summed E-state index contributed by atoms with van der Waals surface area (Å²) in [5.74, 6) is 0.390. The topological polar surface area (TPSA) is 69.7 Å². The summed E-state index contributed by atoms with van der Waals surface area (Å²) < 4.78 is 0. The van der Waals surface area contributed by atoms with Gasteiger partial charge in [0.15, 0.2) is 0 Å². The highest BCUT2D eigenvalue weighted by Crippen LogP contribution is 2.30. The highest BCUT2D eigenvalue weighted by atomic mass is 16.2. The van der Waals surface area contributed by atoms with Crippen LogP contribution in [0.15, 0.2) is 24.3 Å². The molecule has 1 N–H and O–H groups in total. The Hall–Kier alpha value is -2.37. The molecule has 0 spiro atoms. The average Bonchev–Trinajstić information content (AvgIpc) is 2.71. The number of amides is 3. The predicted molar refractivity (Wildman–Crippen MR) is 107 cm³/mol. The van der Waals surface area contributed by atoms with Crippen molar-refractivity contribution < 1.29 is 14.4 Å². The highest BCUT2D eigenvalue weighted by Gasteiger charge is 2.33. The number of aryl methyl sites for hydroxylation is 1. The first-order chi connectivity index (χ1) is 13.4. The minimum absolute atomic E-state index is 0.00317. The molecule has 6 nitrogen and oxygen atoms in total. The van der Waals surface area contributed by atoms with Crippen molar-refractivity contribution >= 4 is 17.7 Å². The first-order valence-electron chi connectivity index (χ1n) is 10.3. The summed E-state index contributed by atoms with van der Waals surface area (Å²) in [6.45, 7) is 6.66. The number of nitrogens with one attached hydrogen (secondary N) is 1. The number of benzene rings is 1. The van der Waals surface area contributed by atoms with Crippen LogP contribution >= 0.6 is 0 Å². The molecule has 0 bridgehead atoms. The summed E-state index contributed by atoms with van der Waals surface area (Å²) in [6.07, 6.45) is 3.08. The number of carbonyl (C=O) groups excluding carboxylic acids is 3. The molecule has 1 saturated heterocycles. The quantitative estimate of drug-likeness (QED) is 0.863. The van der Waals surface area contributed by atoms with Gasteiger partial charge in [0.05, 0.1) is 0 Å². The van der Waals surface area contributed by atoms with Gasteiger partial charge in [-0.3, -0.25) is 14.4 Å². The van der Waals surface area contributed by atoms with E-state index in [2.05, 4.69) is 11.4 Å². The van der Waals surface area contributed by atoms with Gasteiger partial charge < -0.3 is 15.1 Å². The molecule has 1 heterocycles. The van der Waals surface area contributed by atoms with Gasteiger partial charge in [-0.15, -0.1) is 0 Å². The van der Waals surface area contributed by atoms with E-state index < -0.39 is 0 Å². The van der Waals surface area contributed by atoms with Crippen molar-refractivity contribution in [3.63, 3.8) is 0 Å². The van der Waals surface area contributed by atoms with Gasteiger partial charge in [0.2, 0.25) is 17.7 Å². The monoisotopic (exact) mass is 385 g/mol. The second-order valence-electron chi connectivity index (χ2n) is 8.09. The van der Waals surface area contributed by atoms with Crippen LogP contribution in [0, 0.1) is 18.8 Å². The first-order valence-corrected chi connectivity index (χ1v) is 10.3. The van der Waals surface area contributed by atoms with Crippen LogP contribution in [0.2, 0.25) is 0 Å². The van der Waals surface area contributed by atoms with Crippen LogP contribution in [0.3, 0.4) is 0 Å². The van der Waals surface area contributed by atoms with Crippen molar-refractivity contribution in [2.45, 2.75) is 46.1 Å². The van der Waals surface area contributed by atoms with Gasteiger partial charge in [0, 0.05) is 51.5 Å². The van der Waals surface area contributed by atoms with Crippen LogP contribution in [-0.4, -0.2) is 53.7 Å². The number of hydrogen-bond donors (Lipinski definition) is 1. The lowest BCUT2D eigenvalue weighted by molar-refractivity contribution is -0.143. The summed E-state index contributed by atoms with van der Waals surface area (Å²) in [5, 5.41) is 3.05. The molecule has 0 radical (unpaired) electrons. The van der Waals surface area contributed by atoms with E-state index in [1.807, 2.05) is 30.0 Å². The molecule has 3 rings (SSSR count). The van der Waals surface area contributed by atoms with E-state index >= 15 is 0 Å². The third-order valence-corrected chi connectivity index (χ3v) is 6.03. The Kier molecular flexibility index (Phi) is 6.70. The number of nitrogens with zero attached hydrogens (tertiary/aromatic N) is 2. The second kappa shape index (κ2) is 9.22. The van der Waals surface area contributed by atoms with E-state index in [-0.39, 0.29) is 29.6 Å². The van der Waals surface area contributed by atoms with E-state index in [4.69, 9.17) is 0 Å². The number of rotatable bonds is 4. The maximum atomic E-state index is 12.8. The maximum Gasteiger partial charge on any atom is 0.225 e. The molecular weight excluding hydrogens is 354 g/mol. The normalized spacial score (nSPS) is 22.6. The van der Waals surface area contributed by atoms with E-state index in [0.29, 0.717) is 32.7 Å². The van der Waals surface area contributed by atoms with Crippen molar-refractivity contribution in [2.24, 2.45) is 11.8 Å². The largest absolute Gasteiger partial charge is 0.352 e. The molecule has 2 aliphatic rings. The van der Waals surface area contributed by atoms with Gasteiger partial charge in [-0.25, -0.2) is 0 Å². The average molecular weight is 386 g/mol. The number of hydrogen-bond acceptors (Lipinski definition) is 3. The second-order valence-corrected chi connectivity index (χ2v) is 8.09. The molecule has 0 unspecified atom stereocenters. The fraction of sp³-hybridized carbons (Fsp3) is 0.591. The molecule has 1 saturated carbocycles. The minimum Gasteiger partial charge on any atom is -0.352 e. The van der Waals surface area contributed by atoms with Gasteiger partial charge in [-0.2, -0.15) is 0 Å². The number of carbonyl (C=O) groups is 3. The third kappa shape index (κ3) is 5.12. The third-order valence-electron chi connectivity index (χ3n) is 6.03. The molecule has 0 aromatic heterocycles. The van der Waals surface area contributed by atoms with E-state index in [9.17, 15) is 14.4 Å². The Morgan fingerprint density at radius 1 is 0.964 bits per heavy atom. The molecule has 28 heavy (non-hydrogen) atoms. The van der Waals surface area contributed by atoms with Crippen LogP contribution < -0.4 is 5.32 Å². The summed E-state index contributed by atoms with van der Waals surface area (Å²) in [6, 6.07) is 8.16. The van der Waals surface area contributed by atoms with Crippen LogP contribution in [0.5, 0.6) is 0 Å². The first kappa shape index (κ1) is 20.4. The molecule has 1 aliphatic heterocycles. The molecule has 3 amide bonds. The SMILES string of the molecule is CC(=O)N1CCN(C(=O)C2CCC(C(=O)NCc3cccc(C)c3)CC2)CC1. The summed E-state index contributed by atoms with van der Waals surface area (Å²) in [4.78, 5) is 40.4. The molecule has 1 aromatic rings. The fourth-order valence-electron chi connectivity index (χ4n) is 4.26. The van der Waals surface area contributed by atoms with Gasteiger partial charge in [0.25, 0.3) is 0 Å². The molecule has 6 heteroatoms. The molecule has 152 valence electrons. The van der Waals surface area contributed by atoms with Gasteiger partial charge >= 0.3 is 0 Å². The Morgan fingerprint density at radius 2 is 1.57 bits per heavy atom. The Bertz CT molecular complexity index is 717. The molecular formula is C22H31N3O3. The van der Waals surface area contributed by atoms with Crippen LogP contribution in [0.1, 0.15) is 43.7 Å². The zero-order valence-electron chi connectivity index (χ0n) is 16.9. The van der Waals surface area contributed by atoms with Gasteiger partial charge in [-0.05, 0) is 38.2 Å². The van der Waals surface area contributed by atoms with Crippen molar-refractivity contribution in [2.75, 3.05) is 26.2 Å². The lowest BCUT2D eigenvalue weighted by Gasteiger charge is -2.37. The number of piperazine rings is 1. The van der Waals surface area contributed by atoms with Gasteiger partial charge in [0.1, 0.15) is 0 Å². The molecule has 1 aromatic carbocycles. The smallest absolute Gasteiger partial charge is 0.225 e. The zero-order valence-corrected chi connectivity index (χ0v) is 16.9. The summed E-state index contributed by atoms with van der Waals surface area (Å²) >= 11 is 0. The van der Waals surface area contributed by atoms with Crippen molar-refractivity contribution in [3.05, 3.63) is 35.4 Å². The zero-order chi connectivity index (χ0) is 20.1. The Balaban J connectivity index is 1.42. The van der Waals surface area contributed by atoms with Crippen molar-refractivity contribution in [1.29, 1.82) is 0 Å². The highest BCUT2D eigenvalue weighted by molar-refractivity contribution is 5.81. The van der Waals surface area contributed by atoms with Crippen LogP contribution in [-0.2, 0) is 20.9 Å². The predicted octanol–water partition coefficient (Wildman–Crippen LogP) is 2.11. The minimum atomic E-state index is 0.00317. The van der Waals surface area contributed by atoms with E-state index in [1.54, 1.807) is 11.8 Å². The van der Waals surface area contributed by atoms with E-state index in [0.717, 1.165) is 31.2 Å². The lowest BCUT2D eigenvalue weighted by Crippen LogP contribution is -2.51. The summed E-state index contributed by atoms with van der Waals surface area (Å²) in [5.41, 5.74) is 2.30. The van der Waals surface area contributed by atoms with Crippen molar-refractivity contribution in [3.8, 4) is 0 Å². The van der Waals surface area contributed by atoms with Crippen LogP contribution in [0.4, 0.5) is 0 Å². The van der Waals surface area contributed by atoms with E-state index in [1.165, 1.54) is 5.56 Å². The standard InChI is InChI=1S/C22H31N3O3/c1-16-4-3-5-18(14-16)15-23-21(27)19-6-8-20(9-7-19)22(28)25-12-10-24(11-13-25)17(2)26/h3-5,14,19-20H,6-13,15H2,1-2H3,(H,23,27). The fourth-order valence-corrected chi connectivity index (χ4v) is 4.26. The lowest BCUT2D eigenvalue weighted by atomic mass is 9.80.